The highest BCUT2D eigenvalue weighted by Gasteiger charge is 2.33. The molecule has 2 aromatic carbocycles. The molecule has 0 atom stereocenters. The van der Waals surface area contributed by atoms with Crippen LogP contribution in [0.1, 0.15) is 49.7 Å². The summed E-state index contributed by atoms with van der Waals surface area (Å²) in [5.74, 6) is 2.86. The number of hydrogen-bond acceptors (Lipinski definition) is 12. The predicted molar refractivity (Wildman–Crippen MR) is 206 cm³/mol. The van der Waals surface area contributed by atoms with Gasteiger partial charge in [-0.25, -0.2) is 4.98 Å². The van der Waals surface area contributed by atoms with E-state index < -0.39 is 0 Å². The van der Waals surface area contributed by atoms with Crippen LogP contribution in [0.15, 0.2) is 42.9 Å². The number of rotatable bonds is 12. The van der Waals surface area contributed by atoms with E-state index in [1.54, 1.807) is 31.5 Å². The van der Waals surface area contributed by atoms with E-state index in [2.05, 4.69) is 66.1 Å². The Kier molecular flexibility index (Phi) is 9.58. The third kappa shape index (κ3) is 7.15. The second-order valence-corrected chi connectivity index (χ2v) is 15.2. The van der Waals surface area contributed by atoms with Crippen molar-refractivity contribution in [2.45, 2.75) is 64.0 Å². The van der Waals surface area contributed by atoms with Crippen molar-refractivity contribution >= 4 is 57.5 Å². The molecule has 12 heteroatoms. The summed E-state index contributed by atoms with van der Waals surface area (Å²) in [5.41, 5.74) is 8.34. The van der Waals surface area contributed by atoms with Crippen LogP contribution in [-0.2, 0) is 6.42 Å². The summed E-state index contributed by atoms with van der Waals surface area (Å²) in [7, 11) is 4.00. The van der Waals surface area contributed by atoms with Crippen LogP contribution in [0.2, 0.25) is 0 Å². The quantitative estimate of drug-likeness (QED) is 0.156. The van der Waals surface area contributed by atoms with Crippen molar-refractivity contribution < 1.29 is 4.74 Å². The molecule has 2 aliphatic carbocycles. The average molecular weight is 695 g/mol. The third-order valence-corrected chi connectivity index (χ3v) is 11.7. The van der Waals surface area contributed by atoms with Crippen LogP contribution in [-0.4, -0.2) is 102 Å². The Hall–Kier alpha value is -3.87. The summed E-state index contributed by atoms with van der Waals surface area (Å²) in [6, 6.07) is 9.84. The number of aryl methyl sites for hydroxylation is 1. The summed E-state index contributed by atoms with van der Waals surface area (Å²) in [5, 5.41) is 7.20. The van der Waals surface area contributed by atoms with E-state index in [0.29, 0.717) is 18.0 Å². The normalized spacial score (nSPS) is 19.2. The second kappa shape index (κ2) is 14.4. The molecule has 11 nitrogen and oxygen atoms in total. The maximum Gasteiger partial charge on any atom is 0.229 e. The first-order chi connectivity index (χ1) is 24.5. The monoisotopic (exact) mass is 694 g/mol. The summed E-state index contributed by atoms with van der Waals surface area (Å²) >= 11 is 1.73. The molecule has 2 N–H and O–H groups in total. The number of anilines is 6. The number of methoxy groups -OCH3 is 1. The first kappa shape index (κ1) is 33.3. The van der Waals surface area contributed by atoms with E-state index in [-0.39, 0.29) is 0 Å². The van der Waals surface area contributed by atoms with E-state index in [9.17, 15) is 0 Å². The molecule has 0 amide bonds. The number of fused-ring (bicyclic) bond motifs is 1. The number of piperazine rings is 1. The smallest absolute Gasteiger partial charge is 0.229 e. The number of benzene rings is 2. The Morgan fingerprint density at radius 1 is 0.900 bits per heavy atom. The standard InChI is InChI=1S/C38H50N10OS/c1-25-24-41-38(44-37(25)42-31-10-9-30-35(40-14-13-39-30)36(31)48(50-4)29-7-8-29)43-32-22-27(21-26-5-6-26)33(23-34(32)49-3)47-15-11-28(12-16-47)46-19-17-45(2)18-20-46/h9-10,13-14,22-24,26,28-29H,5-8,11-12,15-21H2,1-4H3,(H2,41,42,43,44). The Morgan fingerprint density at radius 3 is 2.40 bits per heavy atom. The van der Waals surface area contributed by atoms with Gasteiger partial charge in [0.15, 0.2) is 0 Å². The Labute approximate surface area is 300 Å². The van der Waals surface area contributed by atoms with E-state index >= 15 is 0 Å². The van der Waals surface area contributed by atoms with Crippen molar-refractivity contribution in [2.24, 2.45) is 5.92 Å². The van der Waals surface area contributed by atoms with Crippen molar-refractivity contribution in [2.75, 3.05) is 79.5 Å². The number of nitrogens with one attached hydrogen (secondary N) is 2. The van der Waals surface area contributed by atoms with Crippen LogP contribution in [0.3, 0.4) is 0 Å². The Morgan fingerprint density at radius 2 is 1.68 bits per heavy atom. The molecule has 4 aromatic rings. The molecule has 2 saturated carbocycles. The highest BCUT2D eigenvalue weighted by atomic mass is 32.2. The molecule has 4 aliphatic rings. The van der Waals surface area contributed by atoms with Gasteiger partial charge in [-0.2, -0.15) is 4.98 Å². The fourth-order valence-corrected chi connectivity index (χ4v) is 8.46. The van der Waals surface area contributed by atoms with E-state index in [1.165, 1.54) is 76.0 Å². The Bertz CT molecular complexity index is 1820. The van der Waals surface area contributed by atoms with Gasteiger partial charge in [-0.15, -0.1) is 0 Å². The minimum atomic E-state index is 0.491. The van der Waals surface area contributed by atoms with Gasteiger partial charge >= 0.3 is 0 Å². The first-order valence-corrected chi connectivity index (χ1v) is 19.5. The van der Waals surface area contributed by atoms with E-state index in [4.69, 9.17) is 19.7 Å². The van der Waals surface area contributed by atoms with Gasteiger partial charge in [0.2, 0.25) is 5.95 Å². The molecule has 264 valence electrons. The lowest BCUT2D eigenvalue weighted by atomic mass is 9.98. The van der Waals surface area contributed by atoms with Crippen molar-refractivity contribution in [3.8, 4) is 5.75 Å². The zero-order valence-electron chi connectivity index (χ0n) is 29.9. The van der Waals surface area contributed by atoms with Gasteiger partial charge in [0, 0.05) is 93.5 Å². The van der Waals surface area contributed by atoms with Crippen molar-refractivity contribution in [1.82, 2.24) is 29.7 Å². The first-order valence-electron chi connectivity index (χ1n) is 18.3. The van der Waals surface area contributed by atoms with Crippen LogP contribution in [0.25, 0.3) is 11.0 Å². The largest absolute Gasteiger partial charge is 0.494 e. The van der Waals surface area contributed by atoms with Crippen LogP contribution in [0.5, 0.6) is 5.75 Å². The minimum Gasteiger partial charge on any atom is -0.494 e. The van der Waals surface area contributed by atoms with Gasteiger partial charge in [0.25, 0.3) is 0 Å². The molecule has 0 unspecified atom stereocenters. The average Bonchev–Trinajstić information content (AvgIpc) is 4.09. The molecule has 8 rings (SSSR count). The number of ether oxygens (including phenoxy) is 1. The van der Waals surface area contributed by atoms with Crippen LogP contribution >= 0.6 is 11.9 Å². The topological polar surface area (TPSA) is 97.8 Å². The van der Waals surface area contributed by atoms with E-state index in [0.717, 1.165) is 70.7 Å². The number of nitrogens with zero attached hydrogens (tertiary/aromatic N) is 8. The molecule has 0 bridgehead atoms. The van der Waals surface area contributed by atoms with Gasteiger partial charge in [-0.05, 0) is 88.6 Å². The highest BCUT2D eigenvalue weighted by molar-refractivity contribution is 8.00. The molecule has 0 spiro atoms. The number of hydrogen-bond donors (Lipinski definition) is 2. The molecule has 2 saturated heterocycles. The number of likely N-dealkylation sites (N-methyl/N-ethyl adjacent to an activating group) is 1. The zero-order chi connectivity index (χ0) is 34.2. The van der Waals surface area contributed by atoms with Gasteiger partial charge in [-0.1, -0.05) is 11.9 Å². The summed E-state index contributed by atoms with van der Waals surface area (Å²) in [6.45, 7) is 8.93. The summed E-state index contributed by atoms with van der Waals surface area (Å²) in [4.78, 5) is 26.8. The fraction of sp³-hybridized carbons (Fsp3) is 0.526. The van der Waals surface area contributed by atoms with Crippen LogP contribution in [0, 0.1) is 12.8 Å². The maximum atomic E-state index is 6.03. The molecule has 2 aliphatic heterocycles. The van der Waals surface area contributed by atoms with Crippen molar-refractivity contribution in [3.05, 3.63) is 54.0 Å². The second-order valence-electron chi connectivity index (χ2n) is 14.5. The van der Waals surface area contributed by atoms with Gasteiger partial charge in [0.05, 0.1) is 29.7 Å². The van der Waals surface area contributed by atoms with Gasteiger partial charge < -0.3 is 29.5 Å². The molecular formula is C38H50N10OS. The summed E-state index contributed by atoms with van der Waals surface area (Å²) in [6.07, 6.45) is 16.0. The highest BCUT2D eigenvalue weighted by Crippen LogP contribution is 2.44. The van der Waals surface area contributed by atoms with Crippen molar-refractivity contribution in [1.29, 1.82) is 0 Å². The molecule has 2 aromatic heterocycles. The molecule has 0 radical (unpaired) electrons. The molecule has 4 fully saturated rings. The lowest BCUT2D eigenvalue weighted by molar-refractivity contribution is 0.0982. The summed E-state index contributed by atoms with van der Waals surface area (Å²) < 4.78 is 8.40. The lowest BCUT2D eigenvalue weighted by Crippen LogP contribution is -2.52. The molecule has 50 heavy (non-hydrogen) atoms. The molecular weight excluding hydrogens is 645 g/mol. The maximum absolute atomic E-state index is 6.03. The van der Waals surface area contributed by atoms with Crippen molar-refractivity contribution in [3.63, 3.8) is 0 Å². The number of aromatic nitrogens is 4. The van der Waals surface area contributed by atoms with Gasteiger partial charge in [-0.3, -0.25) is 14.9 Å². The third-order valence-electron chi connectivity index (χ3n) is 10.8. The SMILES string of the molecule is COc1cc(N2CCC(N3CCN(C)CC3)CC2)c(CC2CC2)cc1Nc1ncc(C)c(Nc2ccc3nccnc3c2N(SC)C2CC2)n1. The van der Waals surface area contributed by atoms with Crippen LogP contribution in [0.4, 0.5) is 34.5 Å². The zero-order valence-corrected chi connectivity index (χ0v) is 30.7. The lowest BCUT2D eigenvalue weighted by Gasteiger charge is -2.43. The van der Waals surface area contributed by atoms with Crippen LogP contribution < -0.4 is 24.6 Å². The Balaban J connectivity index is 1.05. The molecule has 4 heterocycles. The fourth-order valence-electron chi connectivity index (χ4n) is 7.59. The number of piperidine rings is 1. The van der Waals surface area contributed by atoms with E-state index in [1.807, 2.05) is 19.2 Å². The predicted octanol–water partition coefficient (Wildman–Crippen LogP) is 6.64. The van der Waals surface area contributed by atoms with Gasteiger partial charge in [0.1, 0.15) is 17.1 Å². The minimum absolute atomic E-state index is 0.491.